The molecule has 9 aromatic rings. The predicted octanol–water partition coefficient (Wildman–Crippen LogP) is 18.8. The van der Waals surface area contributed by atoms with Crippen molar-refractivity contribution in [3.8, 4) is 101 Å². The van der Waals surface area contributed by atoms with Crippen LogP contribution in [0.4, 0.5) is 0 Å². The molecule has 0 amide bonds. The number of rotatable bonds is 42. The number of hydrogen-bond acceptors (Lipinski definition) is 27. The topological polar surface area (TPSA) is 343 Å². The van der Waals surface area contributed by atoms with Crippen molar-refractivity contribution >= 4 is 71.6 Å². The minimum atomic E-state index is -0.582. The van der Waals surface area contributed by atoms with Gasteiger partial charge in [-0.05, 0) is 233 Å². The van der Waals surface area contributed by atoms with Crippen LogP contribution >= 0.6 is 0 Å². The molecule has 27 nitrogen and oxygen atoms in total. The van der Waals surface area contributed by atoms with E-state index in [1.807, 2.05) is 60.7 Å². The van der Waals surface area contributed by atoms with Gasteiger partial charge in [-0.2, -0.15) is 0 Å². The third kappa shape index (κ3) is 33.5. The van der Waals surface area contributed by atoms with E-state index in [0.29, 0.717) is 84.6 Å². The molecule has 0 aliphatic carbocycles. The van der Waals surface area contributed by atoms with Gasteiger partial charge in [-0.15, -0.1) is 0 Å². The zero-order valence-corrected chi connectivity index (χ0v) is 74.9. The summed E-state index contributed by atoms with van der Waals surface area (Å²) in [5.74, 6) is -3.73. The van der Waals surface area contributed by atoms with Crippen molar-refractivity contribution < 1.29 is 129 Å². The van der Waals surface area contributed by atoms with Gasteiger partial charge in [0.25, 0.3) is 0 Å². The fourth-order valence-corrected chi connectivity index (χ4v) is 10.9. The van der Waals surface area contributed by atoms with Gasteiger partial charge < -0.3 is 71.1 Å². The third-order valence-corrected chi connectivity index (χ3v) is 17.9. The summed E-state index contributed by atoms with van der Waals surface area (Å²) in [5.41, 5.74) is 12.5. The highest BCUT2D eigenvalue weighted by molar-refractivity contribution is 5.96. The second-order valence-corrected chi connectivity index (χ2v) is 29.4. The Morgan fingerprint density at radius 3 is 0.652 bits per heavy atom. The maximum atomic E-state index is 12.5. The first-order valence-electron chi connectivity index (χ1n) is 40.9. The highest BCUT2D eigenvalue weighted by Gasteiger charge is 2.21. The van der Waals surface area contributed by atoms with Gasteiger partial charge in [0.15, 0.2) is 0 Å². The summed E-state index contributed by atoms with van der Waals surface area (Å²) in [6.45, 7) is 46.3. The number of carbonyl (C=O) groups excluding carboxylic acids is 12. The average molecular weight is 1800 g/mol. The summed E-state index contributed by atoms with van der Waals surface area (Å²) in [7, 11) is 0. The molecular weight excluding hydrogens is 1690 g/mol. The largest absolute Gasteiger partial charge is 0.490 e. The molecule has 0 saturated heterocycles. The molecule has 0 bridgehead atoms. The van der Waals surface area contributed by atoms with Gasteiger partial charge in [-0.3, -0.25) is 0 Å². The molecule has 9 aromatic carbocycles. The van der Waals surface area contributed by atoms with Crippen molar-refractivity contribution in [1.29, 1.82) is 0 Å². The zero-order chi connectivity index (χ0) is 96.7. The van der Waals surface area contributed by atoms with E-state index < -0.39 is 71.6 Å². The average Bonchev–Trinajstić information content (AvgIpc) is 0.790. The zero-order valence-electron chi connectivity index (χ0n) is 74.9. The Bertz CT molecular complexity index is 5830. The molecule has 0 saturated carbocycles. The van der Waals surface area contributed by atoms with E-state index in [2.05, 4.69) is 59.2 Å². The molecule has 0 aromatic heterocycles. The number of ether oxygens (including phenoxy) is 15. The molecule has 0 atom stereocenters. The van der Waals surface area contributed by atoms with Crippen LogP contribution < -0.4 is 28.4 Å². The Kier molecular flexibility index (Phi) is 40.1. The van der Waals surface area contributed by atoms with Crippen molar-refractivity contribution in [1.82, 2.24) is 0 Å². The molecule has 0 unspecified atom stereocenters. The van der Waals surface area contributed by atoms with Crippen LogP contribution in [0.25, 0.3) is 66.8 Å². The highest BCUT2D eigenvalue weighted by atomic mass is 16.6. The summed E-state index contributed by atoms with van der Waals surface area (Å²) in [5, 5.41) is 0. The molecule has 0 N–H and O–H groups in total. The molecule has 0 heterocycles. The van der Waals surface area contributed by atoms with E-state index in [9.17, 15) is 57.5 Å². The molecule has 9 rings (SSSR count). The summed E-state index contributed by atoms with van der Waals surface area (Å²) in [6.07, 6.45) is 0. The van der Waals surface area contributed by atoms with Crippen LogP contribution in [-0.2, 0) is 85.8 Å². The summed E-state index contributed by atoms with van der Waals surface area (Å²) >= 11 is 0. The first kappa shape index (κ1) is 103. The van der Waals surface area contributed by atoms with Crippen LogP contribution in [0, 0.1) is 0 Å². The van der Waals surface area contributed by atoms with Crippen LogP contribution in [0.2, 0.25) is 0 Å². The van der Waals surface area contributed by atoms with Crippen LogP contribution in [0.1, 0.15) is 93.4 Å². The lowest BCUT2D eigenvalue weighted by molar-refractivity contribution is -0.140. The molecule has 0 radical (unpaired) electrons. The van der Waals surface area contributed by atoms with Gasteiger partial charge in [0.2, 0.25) is 0 Å². The van der Waals surface area contributed by atoms with E-state index >= 15 is 0 Å². The van der Waals surface area contributed by atoms with Crippen LogP contribution in [0.15, 0.2) is 310 Å². The maximum Gasteiger partial charge on any atom is 0.338 e. The quantitative estimate of drug-likeness (QED) is 0.0113. The van der Waals surface area contributed by atoms with Crippen molar-refractivity contribution in [3.05, 3.63) is 326 Å². The molecule has 0 aliphatic heterocycles. The number of esters is 12. The van der Waals surface area contributed by atoms with Gasteiger partial charge in [0, 0.05) is 61.3 Å². The van der Waals surface area contributed by atoms with Crippen molar-refractivity contribution in [2.24, 2.45) is 0 Å². The standard InChI is InChI=1S/3C35H34O9/c1-22(2)32(36)41-18-17-40-29-14-11-25(12-15-29)28-13-16-31(44-34(38)24(5)6)30(21-28)26-7-9-27(10-8-26)35(39)43-20-19-42-33(37)23(3)4;1-22(2)32(36)41-18-17-40-29-14-11-26(12-15-29)30-21-28(13-16-31(30)44-34(38)24(5)6)25-7-9-27(10-8-25)35(39)43-20-19-42-33(37)23(3)4;1-22(2)32(36)41-16-15-40-30-13-11-26(12-14-30)29-19-28(20-31(21-29)44-34(38)24(5)6)25-7-9-27(10-8-25)35(39)43-18-17-42-33(37)23(3)4/h2*7-16,21H,1,3,5,17-20H2,2,4,6H3;7-14,19-21H,1,3,5,15-18H2,2,4,6H3. The lowest BCUT2D eigenvalue weighted by Gasteiger charge is -2.14. The monoisotopic (exact) mass is 1790 g/mol. The highest BCUT2D eigenvalue weighted by Crippen LogP contribution is 2.39. The maximum absolute atomic E-state index is 12.5. The van der Waals surface area contributed by atoms with Crippen molar-refractivity contribution in [2.45, 2.75) is 62.3 Å². The van der Waals surface area contributed by atoms with Gasteiger partial charge in [-0.1, -0.05) is 144 Å². The Balaban J connectivity index is 0.000000271. The third-order valence-electron chi connectivity index (χ3n) is 17.9. The van der Waals surface area contributed by atoms with Crippen LogP contribution in [0.3, 0.4) is 0 Å². The summed E-state index contributed by atoms with van der Waals surface area (Å²) in [6, 6.07) is 58.0. The second kappa shape index (κ2) is 51.5. The van der Waals surface area contributed by atoms with E-state index in [-0.39, 0.29) is 113 Å². The minimum Gasteiger partial charge on any atom is -0.490 e. The molecule has 132 heavy (non-hydrogen) atoms. The lowest BCUT2D eigenvalue weighted by Crippen LogP contribution is -2.14. The van der Waals surface area contributed by atoms with E-state index in [0.717, 1.165) is 50.1 Å². The number of hydrogen-bond donors (Lipinski definition) is 0. The summed E-state index contributed by atoms with van der Waals surface area (Å²) in [4.78, 5) is 143. The molecule has 0 fully saturated rings. The molecule has 0 spiro atoms. The van der Waals surface area contributed by atoms with Crippen LogP contribution in [0.5, 0.6) is 34.5 Å². The van der Waals surface area contributed by atoms with Crippen molar-refractivity contribution in [2.75, 3.05) is 79.3 Å². The minimum absolute atomic E-state index is 0.0709. The van der Waals surface area contributed by atoms with Gasteiger partial charge >= 0.3 is 71.6 Å². The second-order valence-electron chi connectivity index (χ2n) is 29.4. The molecular formula is C105H102O27. The Hall–Kier alpha value is -16.3. The van der Waals surface area contributed by atoms with Gasteiger partial charge in [-0.25, -0.2) is 57.5 Å². The van der Waals surface area contributed by atoms with Crippen molar-refractivity contribution in [3.63, 3.8) is 0 Å². The van der Waals surface area contributed by atoms with Gasteiger partial charge in [0.1, 0.15) is 114 Å². The number of carbonyl (C=O) groups is 12. The molecule has 27 heteroatoms. The van der Waals surface area contributed by atoms with E-state index in [1.165, 1.54) is 20.8 Å². The van der Waals surface area contributed by atoms with Gasteiger partial charge in [0.05, 0.1) is 16.7 Å². The lowest BCUT2D eigenvalue weighted by atomic mass is 9.97. The SMILES string of the molecule is C=C(C)C(=O)OCCOC(=O)c1ccc(-c2cc(-c3ccc(OCCOC(=O)C(=C)C)cc3)ccc2OC(=O)C(=C)C)cc1.C=C(C)C(=O)OCCOC(=O)c1ccc(-c2cc(OC(=O)C(=C)C)cc(-c3ccc(OCCOC(=O)C(=C)C)cc3)c2)cc1.C=C(C)C(=O)OCCOC(=O)c1ccc(-c2ccc(OC(=O)C(=C)C)c(-c3ccc(OCCOC(=O)C(=C)C)cc3)c2)cc1. The Labute approximate surface area is 765 Å². The fraction of sp³-hybridized carbons (Fsp3) is 0.200. The van der Waals surface area contributed by atoms with Crippen LogP contribution in [-0.4, -0.2) is 151 Å². The molecule has 684 valence electrons. The summed E-state index contributed by atoms with van der Waals surface area (Å²) < 4.78 is 79.2. The first-order valence-corrected chi connectivity index (χ1v) is 40.9. The Morgan fingerprint density at radius 2 is 0.394 bits per heavy atom. The predicted molar refractivity (Wildman–Crippen MR) is 495 cm³/mol. The first-order chi connectivity index (χ1) is 62.8. The fourth-order valence-electron chi connectivity index (χ4n) is 10.9. The smallest absolute Gasteiger partial charge is 0.338 e. The van der Waals surface area contributed by atoms with E-state index in [4.69, 9.17) is 71.1 Å². The van der Waals surface area contributed by atoms with E-state index in [1.54, 1.807) is 181 Å². The number of benzene rings is 9. The normalized spacial score (nSPS) is 10.2. The Morgan fingerprint density at radius 1 is 0.189 bits per heavy atom. The molecule has 0 aliphatic rings.